The number of amides is 1. The number of ether oxygens (including phenoxy) is 1. The zero-order valence-corrected chi connectivity index (χ0v) is 12.2. The lowest BCUT2D eigenvalue weighted by Gasteiger charge is -2.29. The second-order valence-corrected chi connectivity index (χ2v) is 5.03. The Balaban J connectivity index is 2.43. The summed E-state index contributed by atoms with van der Waals surface area (Å²) in [5.41, 5.74) is 1.62. The topological polar surface area (TPSA) is 61.8 Å². The van der Waals surface area contributed by atoms with Gasteiger partial charge in [0.05, 0.1) is 13.2 Å². The molecule has 0 aromatic heterocycles. The zero-order chi connectivity index (χ0) is 14.7. The van der Waals surface area contributed by atoms with Crippen molar-refractivity contribution in [1.29, 1.82) is 0 Å². The normalized spacial score (nSPS) is 19.8. The molecule has 2 unspecified atom stereocenters. The lowest BCUT2D eigenvalue weighted by molar-refractivity contribution is -0.121. The van der Waals surface area contributed by atoms with Crippen molar-refractivity contribution in [3.05, 3.63) is 23.8 Å². The molecule has 0 saturated carbocycles. The lowest BCUT2D eigenvalue weighted by atomic mass is 10.0. The third kappa shape index (κ3) is 2.58. The highest BCUT2D eigenvalue weighted by atomic mass is 16.5. The number of hydrogen-bond acceptors (Lipinski definition) is 4. The molecule has 1 amide bonds. The third-order valence-electron chi connectivity index (χ3n) is 3.79. The van der Waals surface area contributed by atoms with E-state index in [0.29, 0.717) is 5.75 Å². The fraction of sp³-hybridized carbons (Fsp3) is 0.533. The molecule has 20 heavy (non-hydrogen) atoms. The maximum atomic E-state index is 12.0. The molecule has 2 atom stereocenters. The summed E-state index contributed by atoms with van der Waals surface area (Å²) in [6.45, 7) is 2.53. The number of methoxy groups -OCH3 is 1. The van der Waals surface area contributed by atoms with E-state index in [1.54, 1.807) is 21.1 Å². The molecule has 2 N–H and O–H groups in total. The first-order chi connectivity index (χ1) is 9.60. The predicted octanol–water partition coefficient (Wildman–Crippen LogP) is 1.46. The molecular formula is C15H22N2O3. The Hall–Kier alpha value is -1.75. The molecule has 0 aliphatic carbocycles. The first kappa shape index (κ1) is 14.7. The number of rotatable bonds is 4. The highest BCUT2D eigenvalue weighted by Crippen LogP contribution is 2.37. The van der Waals surface area contributed by atoms with Crippen molar-refractivity contribution in [2.24, 2.45) is 0 Å². The van der Waals surface area contributed by atoms with E-state index in [2.05, 4.69) is 10.2 Å². The smallest absolute Gasteiger partial charge is 0.242 e. The van der Waals surface area contributed by atoms with Crippen LogP contribution in [-0.2, 0) is 4.79 Å². The fourth-order valence-electron chi connectivity index (χ4n) is 2.88. The van der Waals surface area contributed by atoms with E-state index in [-0.39, 0.29) is 11.9 Å². The Morgan fingerprint density at radius 1 is 1.55 bits per heavy atom. The van der Waals surface area contributed by atoms with Crippen molar-refractivity contribution in [1.82, 2.24) is 5.32 Å². The Kier molecular flexibility index (Phi) is 4.49. The van der Waals surface area contributed by atoms with Gasteiger partial charge in [0.25, 0.3) is 0 Å². The van der Waals surface area contributed by atoms with Crippen LogP contribution >= 0.6 is 0 Å². The van der Waals surface area contributed by atoms with Gasteiger partial charge < -0.3 is 20.1 Å². The summed E-state index contributed by atoms with van der Waals surface area (Å²) in [4.78, 5) is 14.0. The number of aliphatic hydroxyl groups is 1. The van der Waals surface area contributed by atoms with Gasteiger partial charge in [-0.3, -0.25) is 4.79 Å². The average molecular weight is 278 g/mol. The van der Waals surface area contributed by atoms with Crippen molar-refractivity contribution in [2.45, 2.75) is 31.9 Å². The molecule has 5 heteroatoms. The fourth-order valence-corrected chi connectivity index (χ4v) is 2.88. The second-order valence-electron chi connectivity index (χ2n) is 5.03. The number of anilines is 1. The van der Waals surface area contributed by atoms with Crippen molar-refractivity contribution in [2.75, 3.05) is 25.6 Å². The monoisotopic (exact) mass is 278 g/mol. The first-order valence-electron chi connectivity index (χ1n) is 6.93. The van der Waals surface area contributed by atoms with Crippen LogP contribution in [0.1, 0.15) is 31.4 Å². The van der Waals surface area contributed by atoms with Crippen LogP contribution in [0.3, 0.4) is 0 Å². The molecule has 1 aromatic carbocycles. The molecule has 0 radical (unpaired) electrons. The van der Waals surface area contributed by atoms with Crippen LogP contribution in [0.2, 0.25) is 0 Å². The molecule has 2 rings (SSSR count). The van der Waals surface area contributed by atoms with Crippen molar-refractivity contribution in [3.8, 4) is 5.75 Å². The SMILES string of the molecule is CNC(=O)C1CCCN1c1cccc(OC)c1C(C)O. The summed E-state index contributed by atoms with van der Waals surface area (Å²) in [5.74, 6) is 0.668. The number of aliphatic hydroxyl groups excluding tert-OH is 1. The quantitative estimate of drug-likeness (QED) is 0.875. The van der Waals surface area contributed by atoms with E-state index >= 15 is 0 Å². The number of hydrogen-bond donors (Lipinski definition) is 2. The van der Waals surface area contributed by atoms with Crippen LogP contribution in [0.15, 0.2) is 18.2 Å². The molecule has 0 spiro atoms. The molecule has 1 aromatic rings. The van der Waals surface area contributed by atoms with E-state index in [0.717, 1.165) is 30.6 Å². The molecule has 110 valence electrons. The highest BCUT2D eigenvalue weighted by molar-refractivity contribution is 5.86. The Labute approximate surface area is 119 Å². The van der Waals surface area contributed by atoms with E-state index in [4.69, 9.17) is 4.74 Å². The van der Waals surface area contributed by atoms with Crippen LogP contribution in [0.25, 0.3) is 0 Å². The first-order valence-corrected chi connectivity index (χ1v) is 6.93. The average Bonchev–Trinajstić information content (AvgIpc) is 2.94. The highest BCUT2D eigenvalue weighted by Gasteiger charge is 2.32. The third-order valence-corrected chi connectivity index (χ3v) is 3.79. The van der Waals surface area contributed by atoms with Gasteiger partial charge in [0.2, 0.25) is 5.91 Å². The summed E-state index contributed by atoms with van der Waals surface area (Å²) in [6.07, 6.45) is 1.15. The van der Waals surface area contributed by atoms with E-state index in [1.807, 2.05) is 18.2 Å². The molecule has 5 nitrogen and oxygen atoms in total. The van der Waals surface area contributed by atoms with Crippen LogP contribution in [0, 0.1) is 0 Å². The van der Waals surface area contributed by atoms with Gasteiger partial charge in [0, 0.05) is 24.8 Å². The van der Waals surface area contributed by atoms with E-state index < -0.39 is 6.10 Å². The maximum Gasteiger partial charge on any atom is 0.242 e. The standard InChI is InChI=1S/C15H22N2O3/c1-10(18)14-11(6-4-8-13(14)20-3)17-9-5-7-12(17)15(19)16-2/h4,6,8,10,12,18H,5,7,9H2,1-3H3,(H,16,19). The number of benzene rings is 1. The zero-order valence-electron chi connectivity index (χ0n) is 12.2. The van der Waals surface area contributed by atoms with Gasteiger partial charge in [-0.2, -0.15) is 0 Å². The molecular weight excluding hydrogens is 256 g/mol. The van der Waals surface area contributed by atoms with E-state index in [1.165, 1.54) is 0 Å². The van der Waals surface area contributed by atoms with Gasteiger partial charge in [0.15, 0.2) is 0 Å². The largest absolute Gasteiger partial charge is 0.496 e. The molecule has 1 saturated heterocycles. The van der Waals surface area contributed by atoms with Crippen molar-refractivity contribution >= 4 is 11.6 Å². The maximum absolute atomic E-state index is 12.0. The number of carbonyl (C=O) groups is 1. The lowest BCUT2D eigenvalue weighted by Crippen LogP contribution is -2.42. The minimum atomic E-state index is -0.646. The Bertz CT molecular complexity index is 488. The van der Waals surface area contributed by atoms with Gasteiger partial charge >= 0.3 is 0 Å². The molecule has 0 bridgehead atoms. The molecule has 1 aliphatic heterocycles. The predicted molar refractivity (Wildman–Crippen MR) is 78.1 cm³/mol. The van der Waals surface area contributed by atoms with Gasteiger partial charge in [-0.15, -0.1) is 0 Å². The minimum absolute atomic E-state index is 0.0156. The van der Waals surface area contributed by atoms with Crippen LogP contribution < -0.4 is 15.0 Å². The number of likely N-dealkylation sites (N-methyl/N-ethyl adjacent to an activating group) is 1. The van der Waals surface area contributed by atoms with Gasteiger partial charge in [0.1, 0.15) is 11.8 Å². The van der Waals surface area contributed by atoms with Crippen molar-refractivity contribution in [3.63, 3.8) is 0 Å². The Morgan fingerprint density at radius 2 is 2.30 bits per heavy atom. The summed E-state index contributed by atoms with van der Waals surface area (Å²) >= 11 is 0. The number of nitrogens with one attached hydrogen (secondary N) is 1. The second kappa shape index (κ2) is 6.13. The Morgan fingerprint density at radius 3 is 2.90 bits per heavy atom. The number of carbonyl (C=O) groups excluding carboxylic acids is 1. The van der Waals surface area contributed by atoms with Crippen LogP contribution in [-0.4, -0.2) is 37.8 Å². The van der Waals surface area contributed by atoms with Crippen molar-refractivity contribution < 1.29 is 14.6 Å². The molecule has 1 heterocycles. The van der Waals surface area contributed by atoms with Crippen LogP contribution in [0.4, 0.5) is 5.69 Å². The summed E-state index contributed by atoms with van der Waals surface area (Å²) < 4.78 is 5.34. The van der Waals surface area contributed by atoms with Gasteiger partial charge in [-0.25, -0.2) is 0 Å². The minimum Gasteiger partial charge on any atom is -0.496 e. The van der Waals surface area contributed by atoms with Gasteiger partial charge in [-0.05, 0) is 31.9 Å². The van der Waals surface area contributed by atoms with Crippen LogP contribution in [0.5, 0.6) is 5.75 Å². The molecule has 1 fully saturated rings. The molecule has 1 aliphatic rings. The summed E-state index contributed by atoms with van der Waals surface area (Å²) in [5, 5.41) is 12.8. The van der Waals surface area contributed by atoms with Gasteiger partial charge in [-0.1, -0.05) is 6.07 Å². The van der Waals surface area contributed by atoms with E-state index in [9.17, 15) is 9.90 Å². The summed E-state index contributed by atoms with van der Waals surface area (Å²) in [7, 11) is 3.24. The summed E-state index contributed by atoms with van der Waals surface area (Å²) in [6, 6.07) is 5.48. The number of nitrogens with zero attached hydrogens (tertiary/aromatic N) is 1.